The van der Waals surface area contributed by atoms with Gasteiger partial charge in [0.05, 0.1) is 28.6 Å². The Kier molecular flexibility index (Phi) is 12.3. The van der Waals surface area contributed by atoms with Crippen LogP contribution in [0.1, 0.15) is 147 Å². The van der Waals surface area contributed by atoms with Crippen LogP contribution in [0.25, 0.3) is 0 Å². The number of nitrogens with one attached hydrogen (secondary N) is 2. The van der Waals surface area contributed by atoms with Gasteiger partial charge in [-0.05, 0) is 150 Å². The first-order chi connectivity index (χ1) is 28.1. The molecule has 1 aliphatic heterocycles. The van der Waals surface area contributed by atoms with Crippen molar-refractivity contribution in [2.24, 2.45) is 68.5 Å². The molecular formula is C48H81N3O8S2. The van der Waals surface area contributed by atoms with Crippen LogP contribution in [0.2, 0.25) is 0 Å². The molecule has 0 amide bonds. The molecular weight excluding hydrogens is 811 g/mol. The van der Waals surface area contributed by atoms with Crippen LogP contribution < -0.4 is 10.0 Å². The van der Waals surface area contributed by atoms with Crippen molar-refractivity contribution in [3.63, 3.8) is 0 Å². The van der Waals surface area contributed by atoms with Crippen LogP contribution in [0.4, 0.5) is 0 Å². The fourth-order valence-corrected chi connectivity index (χ4v) is 18.2. The van der Waals surface area contributed by atoms with Crippen LogP contribution in [0.3, 0.4) is 0 Å². The second-order valence-electron chi connectivity index (χ2n) is 23.8. The molecule has 0 aromatic rings. The number of hydrogen-bond donors (Lipinski definition) is 3. The predicted molar refractivity (Wildman–Crippen MR) is 241 cm³/mol. The predicted octanol–water partition coefficient (Wildman–Crippen LogP) is 7.46. The Morgan fingerprint density at radius 2 is 1.49 bits per heavy atom. The van der Waals surface area contributed by atoms with Gasteiger partial charge in [0.1, 0.15) is 6.10 Å². The van der Waals surface area contributed by atoms with Crippen molar-refractivity contribution < 1.29 is 36.3 Å². The minimum Gasteiger partial charge on any atom is -0.481 e. The van der Waals surface area contributed by atoms with Crippen molar-refractivity contribution in [2.75, 3.05) is 31.1 Å². The highest BCUT2D eigenvalue weighted by Gasteiger charge is 2.71. The van der Waals surface area contributed by atoms with Crippen LogP contribution >= 0.6 is 0 Å². The molecule has 13 heteroatoms. The van der Waals surface area contributed by atoms with Crippen LogP contribution in [0, 0.1) is 68.5 Å². The van der Waals surface area contributed by atoms with E-state index in [1.54, 1.807) is 13.8 Å². The highest BCUT2D eigenvalue weighted by Crippen LogP contribution is 2.76. The Morgan fingerprint density at radius 1 is 0.836 bits per heavy atom. The first kappa shape index (κ1) is 47.4. The number of carboxylic acids is 1. The number of carbonyl (C=O) groups is 2. The van der Waals surface area contributed by atoms with Crippen molar-refractivity contribution in [3.8, 4) is 0 Å². The maximum Gasteiger partial charge on any atom is 0.309 e. The summed E-state index contributed by atoms with van der Waals surface area (Å²) in [7, 11) is -6.65. The number of ether oxygens (including phenoxy) is 1. The molecule has 0 radical (unpaired) electrons. The van der Waals surface area contributed by atoms with Gasteiger partial charge in [-0.3, -0.25) is 14.5 Å². The van der Waals surface area contributed by atoms with Crippen LogP contribution in [0.15, 0.2) is 12.2 Å². The number of hydrogen-bond acceptors (Lipinski definition) is 9. The largest absolute Gasteiger partial charge is 0.481 e. The molecule has 6 aliphatic carbocycles. The third-order valence-corrected chi connectivity index (χ3v) is 23.7. The number of aliphatic carboxylic acids is 1. The van der Waals surface area contributed by atoms with E-state index in [9.17, 15) is 31.5 Å². The Hall–Kier alpha value is -1.54. The molecule has 0 unspecified atom stereocenters. The zero-order valence-electron chi connectivity index (χ0n) is 39.4. The van der Waals surface area contributed by atoms with Crippen molar-refractivity contribution in [3.05, 3.63) is 12.2 Å². The minimum absolute atomic E-state index is 0.0926. The summed E-state index contributed by atoms with van der Waals surface area (Å²) in [5.74, 6) is 0.478. The second-order valence-corrected chi connectivity index (χ2v) is 28.3. The third-order valence-electron chi connectivity index (χ3n) is 20.2. The third kappa shape index (κ3) is 7.61. The Bertz CT molecular complexity index is 1950. The van der Waals surface area contributed by atoms with Gasteiger partial charge < -0.3 is 15.2 Å². The number of sulfonamides is 1. The number of sulfone groups is 1. The van der Waals surface area contributed by atoms with E-state index in [1.165, 1.54) is 12.0 Å². The maximum atomic E-state index is 13.7. The number of carboxylic acid groups (broad SMARTS) is 1. The van der Waals surface area contributed by atoms with Crippen LogP contribution in [-0.2, 0) is 34.2 Å². The Morgan fingerprint density at radius 3 is 2.08 bits per heavy atom. The van der Waals surface area contributed by atoms with Gasteiger partial charge in [-0.2, -0.15) is 0 Å². The lowest BCUT2D eigenvalue weighted by Crippen LogP contribution is -2.69. The first-order valence-electron chi connectivity index (χ1n) is 23.9. The average Bonchev–Trinajstić information content (AvgIpc) is 3.53. The molecule has 3 N–H and O–H groups in total. The number of carbonyl (C=O) groups excluding carboxylic acids is 1. The van der Waals surface area contributed by atoms with Gasteiger partial charge in [-0.15, -0.1) is 0 Å². The summed E-state index contributed by atoms with van der Waals surface area (Å²) in [5.41, 5.74) is 0.666. The van der Waals surface area contributed by atoms with Crippen molar-refractivity contribution >= 4 is 31.8 Å². The van der Waals surface area contributed by atoms with E-state index in [-0.39, 0.29) is 62.7 Å². The van der Waals surface area contributed by atoms with Gasteiger partial charge in [0, 0.05) is 42.7 Å². The first-order valence-corrected chi connectivity index (χ1v) is 27.2. The number of fused-ring (bicyclic) bond motifs is 7. The lowest BCUT2D eigenvalue weighted by molar-refractivity contribution is -0.248. The molecule has 61 heavy (non-hydrogen) atoms. The number of allylic oxidation sites excluding steroid dienone is 1. The van der Waals surface area contributed by atoms with E-state index in [0.29, 0.717) is 55.6 Å². The van der Waals surface area contributed by atoms with Crippen molar-refractivity contribution in [1.82, 2.24) is 14.9 Å². The zero-order valence-corrected chi connectivity index (χ0v) is 41.1. The summed E-state index contributed by atoms with van der Waals surface area (Å²) in [6.45, 7) is 29.8. The molecule has 6 saturated carbocycles. The van der Waals surface area contributed by atoms with Gasteiger partial charge in [0.25, 0.3) is 0 Å². The summed E-state index contributed by atoms with van der Waals surface area (Å²) >= 11 is 0. The lowest BCUT2D eigenvalue weighted by Gasteiger charge is -2.73. The molecule has 0 spiro atoms. The summed E-state index contributed by atoms with van der Waals surface area (Å²) in [6.07, 6.45) is 10.9. The molecule has 1 heterocycles. The number of esters is 1. The minimum atomic E-state index is -3.54. The van der Waals surface area contributed by atoms with Crippen LogP contribution in [-0.4, -0.2) is 98.9 Å². The van der Waals surface area contributed by atoms with E-state index in [2.05, 4.69) is 63.1 Å². The average molecular weight is 892 g/mol. The Labute approximate surface area is 369 Å². The standard InChI is InChI=1S/C48H81N3O8S2/c1-29(2)32-15-20-48(49-28-36(31(5)50-61(57,58)30(3)4)51-23-25-60(55,56)26-24-51)22-21-46(11)33(40(32)48)13-14-38-45(10)18-17-39(44(8,9)37(45)16-19-47(38,46)12)59-42(54)35-27-34(41(52)53)43(35,6)7/h30-40,49-50H,1,13-28H2,2-12H3,(H,52,53)/t31-,32+,33-,34+,35-,36-,37+,38-,39+,40-,45+,46-,47-,48+/m1/s1. The van der Waals surface area contributed by atoms with Crippen LogP contribution in [0.5, 0.6) is 0 Å². The number of rotatable bonds is 12. The fraction of sp³-hybridized carbons (Fsp3) is 0.917. The zero-order chi connectivity index (χ0) is 45.1. The van der Waals surface area contributed by atoms with Gasteiger partial charge in [0.15, 0.2) is 9.84 Å². The van der Waals surface area contributed by atoms with Gasteiger partial charge in [-0.1, -0.05) is 60.6 Å². The normalized spacial score (nSPS) is 43.7. The molecule has 0 aromatic heterocycles. The van der Waals surface area contributed by atoms with Crippen molar-refractivity contribution in [2.45, 2.75) is 176 Å². The quantitative estimate of drug-likeness (QED) is 0.133. The highest BCUT2D eigenvalue weighted by atomic mass is 32.2. The summed E-state index contributed by atoms with van der Waals surface area (Å²) < 4.78 is 60.8. The van der Waals surface area contributed by atoms with Gasteiger partial charge in [-0.25, -0.2) is 21.6 Å². The smallest absolute Gasteiger partial charge is 0.309 e. The molecule has 7 rings (SSSR count). The summed E-state index contributed by atoms with van der Waals surface area (Å²) in [4.78, 5) is 27.7. The molecule has 14 atom stereocenters. The monoisotopic (exact) mass is 892 g/mol. The van der Waals surface area contributed by atoms with Gasteiger partial charge >= 0.3 is 11.9 Å². The molecule has 7 fully saturated rings. The topological polar surface area (TPSA) is 159 Å². The fourth-order valence-electron chi connectivity index (χ4n) is 16.1. The maximum absolute atomic E-state index is 13.7. The van der Waals surface area contributed by atoms with Crippen molar-refractivity contribution in [1.29, 1.82) is 0 Å². The van der Waals surface area contributed by atoms with E-state index in [0.717, 1.165) is 57.8 Å². The van der Waals surface area contributed by atoms with E-state index in [1.807, 2.05) is 20.8 Å². The molecule has 11 nitrogen and oxygen atoms in total. The molecule has 0 bridgehead atoms. The van der Waals surface area contributed by atoms with E-state index >= 15 is 0 Å². The number of nitrogens with zero attached hydrogens (tertiary/aromatic N) is 1. The van der Waals surface area contributed by atoms with E-state index < -0.39 is 48.5 Å². The summed E-state index contributed by atoms with van der Waals surface area (Å²) in [5, 5.41) is 13.3. The van der Waals surface area contributed by atoms with Gasteiger partial charge in [0.2, 0.25) is 10.0 Å². The lowest BCUT2D eigenvalue weighted by atomic mass is 9.32. The summed E-state index contributed by atoms with van der Waals surface area (Å²) in [6, 6.07) is -0.593. The second kappa shape index (κ2) is 15.8. The Balaban J connectivity index is 1.12. The SMILES string of the molecule is C=C(C)[C@@H]1CC[C@]2(NC[C@H]([C@@H](C)NS(=O)(=O)C(C)C)N3CCS(=O)(=O)CC3)CC[C@]3(C)[C@H](CC[C@@H]4[C@@]5(C)CC[C@H](OC(=O)[C@H]6C[C@@H](C(=O)O)C6(C)C)C(C)(C)[C@@H]5CC[C@]43C)[C@@H]12. The molecule has 1 saturated heterocycles. The molecule has 7 aliphatic rings. The molecule has 0 aromatic carbocycles. The molecule has 348 valence electrons. The van der Waals surface area contributed by atoms with E-state index in [4.69, 9.17) is 4.74 Å². The highest BCUT2D eigenvalue weighted by molar-refractivity contribution is 7.91.